The van der Waals surface area contributed by atoms with Crippen molar-refractivity contribution in [1.82, 2.24) is 4.57 Å². The van der Waals surface area contributed by atoms with Crippen LogP contribution in [0.5, 0.6) is 0 Å². The molecule has 6 aromatic rings. The topological polar surface area (TPSA) is 4.93 Å². The Morgan fingerprint density at radius 1 is 0.515 bits per heavy atom. The van der Waals surface area contributed by atoms with Gasteiger partial charge in [-0.3, -0.25) is 0 Å². The number of aromatic nitrogens is 1. The van der Waals surface area contributed by atoms with E-state index in [9.17, 15) is 4.39 Å². The third-order valence-corrected chi connectivity index (χ3v) is 6.30. The van der Waals surface area contributed by atoms with E-state index in [0.29, 0.717) is 5.69 Å². The van der Waals surface area contributed by atoms with Gasteiger partial charge < -0.3 is 4.57 Å². The molecule has 2 heteroatoms. The van der Waals surface area contributed by atoms with E-state index in [0.717, 1.165) is 33.8 Å². The van der Waals surface area contributed by atoms with Crippen LogP contribution in [-0.4, -0.2) is 4.57 Å². The number of hydrogen-bond donors (Lipinski definition) is 0. The Labute approximate surface area is 192 Å². The number of benzene rings is 5. The van der Waals surface area contributed by atoms with E-state index in [2.05, 4.69) is 78.9 Å². The first-order chi connectivity index (χ1) is 16.3. The predicted octanol–water partition coefficient (Wildman–Crippen LogP) is 8.18. The van der Waals surface area contributed by atoms with Crippen molar-refractivity contribution in [2.45, 2.75) is 6.42 Å². The van der Waals surface area contributed by atoms with Crippen LogP contribution in [0.2, 0.25) is 0 Å². The molecule has 0 aliphatic carbocycles. The van der Waals surface area contributed by atoms with Crippen molar-refractivity contribution in [2.75, 3.05) is 0 Å². The lowest BCUT2D eigenvalue weighted by Crippen LogP contribution is -1.96. The van der Waals surface area contributed by atoms with Crippen LogP contribution in [0, 0.1) is 5.82 Å². The van der Waals surface area contributed by atoms with E-state index in [1.54, 1.807) is 6.07 Å². The highest BCUT2D eigenvalue weighted by molar-refractivity contribution is 6.10. The van der Waals surface area contributed by atoms with Crippen LogP contribution in [0.25, 0.3) is 38.6 Å². The molecule has 0 saturated heterocycles. The molecule has 0 spiro atoms. The SMILES string of the molecule is Fc1ccccc1-n1c2ccccc2c2cc(-c3ccc(Cc4ccccc4)cc3)ccc21. The van der Waals surface area contributed by atoms with E-state index in [4.69, 9.17) is 0 Å². The molecule has 0 unspecified atom stereocenters. The number of nitrogens with zero attached hydrogens (tertiary/aromatic N) is 1. The lowest BCUT2D eigenvalue weighted by atomic mass is 9.99. The molecule has 0 bridgehead atoms. The van der Waals surface area contributed by atoms with Crippen molar-refractivity contribution in [3.63, 3.8) is 0 Å². The van der Waals surface area contributed by atoms with Crippen LogP contribution in [0.4, 0.5) is 4.39 Å². The largest absolute Gasteiger partial charge is 0.306 e. The zero-order chi connectivity index (χ0) is 22.2. The molecule has 0 amide bonds. The van der Waals surface area contributed by atoms with Crippen LogP contribution in [0.1, 0.15) is 11.1 Å². The standard InChI is InChI=1S/C31H22FN/c32-28-11-5-7-13-31(28)33-29-12-6-4-10-26(29)27-21-25(18-19-30(27)33)24-16-14-23(15-17-24)20-22-8-2-1-3-9-22/h1-19,21H,20H2. The van der Waals surface area contributed by atoms with Crippen molar-refractivity contribution in [3.8, 4) is 16.8 Å². The van der Waals surface area contributed by atoms with Crippen LogP contribution in [0.15, 0.2) is 121 Å². The molecule has 5 aromatic carbocycles. The highest BCUT2D eigenvalue weighted by Crippen LogP contribution is 2.35. The maximum Gasteiger partial charge on any atom is 0.147 e. The molecule has 33 heavy (non-hydrogen) atoms. The molecule has 6 rings (SSSR count). The Kier molecular flexibility index (Phi) is 4.77. The highest BCUT2D eigenvalue weighted by atomic mass is 19.1. The van der Waals surface area contributed by atoms with Crippen LogP contribution in [-0.2, 0) is 6.42 Å². The van der Waals surface area contributed by atoms with Gasteiger partial charge in [0.15, 0.2) is 0 Å². The van der Waals surface area contributed by atoms with E-state index >= 15 is 0 Å². The average molecular weight is 428 g/mol. The minimum absolute atomic E-state index is 0.224. The summed E-state index contributed by atoms with van der Waals surface area (Å²) in [5, 5.41) is 2.25. The Morgan fingerprint density at radius 3 is 1.97 bits per heavy atom. The van der Waals surface area contributed by atoms with Crippen LogP contribution >= 0.6 is 0 Å². The fourth-order valence-corrected chi connectivity index (χ4v) is 4.69. The summed E-state index contributed by atoms with van der Waals surface area (Å²) in [6.07, 6.45) is 0.927. The minimum Gasteiger partial charge on any atom is -0.306 e. The van der Waals surface area contributed by atoms with Crippen molar-refractivity contribution in [1.29, 1.82) is 0 Å². The van der Waals surface area contributed by atoms with E-state index < -0.39 is 0 Å². The van der Waals surface area contributed by atoms with Gasteiger partial charge in [-0.1, -0.05) is 91.0 Å². The first-order valence-electron chi connectivity index (χ1n) is 11.2. The van der Waals surface area contributed by atoms with Gasteiger partial charge in [-0.15, -0.1) is 0 Å². The molecule has 0 aliphatic rings. The van der Waals surface area contributed by atoms with Gasteiger partial charge in [0, 0.05) is 10.8 Å². The first kappa shape index (κ1) is 19.5. The summed E-state index contributed by atoms with van der Waals surface area (Å²) in [6.45, 7) is 0. The van der Waals surface area contributed by atoms with E-state index in [1.807, 2.05) is 34.9 Å². The Hall–Kier alpha value is -4.17. The molecule has 0 N–H and O–H groups in total. The Balaban J connectivity index is 1.44. The quantitative estimate of drug-likeness (QED) is 0.267. The molecule has 0 atom stereocenters. The maximum atomic E-state index is 14.7. The van der Waals surface area contributed by atoms with Gasteiger partial charge in [-0.2, -0.15) is 0 Å². The Morgan fingerprint density at radius 2 is 1.15 bits per heavy atom. The molecule has 1 heterocycles. The fourth-order valence-electron chi connectivity index (χ4n) is 4.69. The van der Waals surface area contributed by atoms with Crippen molar-refractivity contribution in [3.05, 3.63) is 138 Å². The smallest absolute Gasteiger partial charge is 0.147 e. The molecule has 1 nitrogen and oxygen atoms in total. The summed E-state index contributed by atoms with van der Waals surface area (Å²) in [6, 6.07) is 40.9. The van der Waals surface area contributed by atoms with E-state index in [-0.39, 0.29) is 5.82 Å². The minimum atomic E-state index is -0.224. The second-order valence-corrected chi connectivity index (χ2v) is 8.40. The second-order valence-electron chi connectivity index (χ2n) is 8.40. The van der Waals surface area contributed by atoms with E-state index in [1.165, 1.54) is 22.8 Å². The monoisotopic (exact) mass is 427 g/mol. The number of rotatable bonds is 4. The number of fused-ring (bicyclic) bond motifs is 3. The van der Waals surface area contributed by atoms with Gasteiger partial charge in [0.25, 0.3) is 0 Å². The number of para-hydroxylation sites is 2. The highest BCUT2D eigenvalue weighted by Gasteiger charge is 2.15. The lowest BCUT2D eigenvalue weighted by Gasteiger charge is -2.09. The number of hydrogen-bond acceptors (Lipinski definition) is 0. The van der Waals surface area contributed by atoms with Crippen LogP contribution in [0.3, 0.4) is 0 Å². The average Bonchev–Trinajstić information content (AvgIpc) is 3.19. The summed E-state index contributed by atoms with van der Waals surface area (Å²) in [7, 11) is 0. The second kappa shape index (κ2) is 8.07. The molecular weight excluding hydrogens is 405 g/mol. The zero-order valence-corrected chi connectivity index (χ0v) is 18.1. The molecule has 158 valence electrons. The van der Waals surface area contributed by atoms with Crippen molar-refractivity contribution in [2.24, 2.45) is 0 Å². The zero-order valence-electron chi connectivity index (χ0n) is 18.1. The summed E-state index contributed by atoms with van der Waals surface area (Å²) in [5.41, 5.74) is 7.52. The van der Waals surface area contributed by atoms with Gasteiger partial charge in [-0.25, -0.2) is 4.39 Å². The van der Waals surface area contributed by atoms with Crippen molar-refractivity contribution < 1.29 is 4.39 Å². The van der Waals surface area contributed by atoms with Gasteiger partial charge in [-0.05, 0) is 59.0 Å². The molecule has 1 aromatic heterocycles. The molecular formula is C31H22FN. The lowest BCUT2D eigenvalue weighted by molar-refractivity contribution is 0.621. The third kappa shape index (κ3) is 3.50. The molecule has 0 radical (unpaired) electrons. The Bertz CT molecular complexity index is 1580. The summed E-state index contributed by atoms with van der Waals surface area (Å²) in [4.78, 5) is 0. The molecule has 0 fully saturated rings. The fraction of sp³-hybridized carbons (Fsp3) is 0.0323. The molecule has 0 aliphatic heterocycles. The van der Waals surface area contributed by atoms with Gasteiger partial charge in [0.05, 0.1) is 16.7 Å². The first-order valence-corrected chi connectivity index (χ1v) is 11.2. The summed E-state index contributed by atoms with van der Waals surface area (Å²) < 4.78 is 16.7. The normalized spacial score (nSPS) is 11.3. The van der Waals surface area contributed by atoms with Gasteiger partial charge in [0.2, 0.25) is 0 Å². The third-order valence-electron chi connectivity index (χ3n) is 6.30. The summed E-state index contributed by atoms with van der Waals surface area (Å²) >= 11 is 0. The van der Waals surface area contributed by atoms with Gasteiger partial charge in [0.1, 0.15) is 5.82 Å². The molecule has 0 saturated carbocycles. The van der Waals surface area contributed by atoms with Gasteiger partial charge >= 0.3 is 0 Å². The van der Waals surface area contributed by atoms with Crippen LogP contribution < -0.4 is 0 Å². The maximum absolute atomic E-state index is 14.7. The number of halogens is 1. The van der Waals surface area contributed by atoms with Crippen molar-refractivity contribution >= 4 is 21.8 Å². The summed E-state index contributed by atoms with van der Waals surface area (Å²) in [5.74, 6) is -0.224. The predicted molar refractivity (Wildman–Crippen MR) is 135 cm³/mol.